The average molecular weight is 270 g/mol. The summed E-state index contributed by atoms with van der Waals surface area (Å²) < 4.78 is 5.08. The fourth-order valence-corrected chi connectivity index (χ4v) is 2.76. The number of hydrogen-bond donors (Lipinski definition) is 2. The normalized spacial score (nSPS) is 23.1. The van der Waals surface area contributed by atoms with Gasteiger partial charge in [0.15, 0.2) is 0 Å². The molecule has 0 radical (unpaired) electrons. The average Bonchev–Trinajstić information content (AvgIpc) is 2.94. The molecule has 1 aromatic rings. The summed E-state index contributed by atoms with van der Waals surface area (Å²) in [5, 5.41) is 10.8. The standard InChI is InChI=1S/C11H14N2O4S/c1-17-7-2-5-18-8(7)9(14)13-4-3-11(12,6-13)10(15)16/h2,5H,3-4,6,12H2,1H3,(H,15,16). The lowest BCUT2D eigenvalue weighted by Gasteiger charge is -2.19. The van der Waals surface area contributed by atoms with Gasteiger partial charge in [-0.15, -0.1) is 11.3 Å². The summed E-state index contributed by atoms with van der Waals surface area (Å²) in [6.07, 6.45) is 0.266. The first-order valence-corrected chi connectivity index (χ1v) is 6.29. The molecule has 1 saturated heterocycles. The molecule has 1 atom stereocenters. The molecule has 1 amide bonds. The molecule has 98 valence electrons. The molecule has 1 unspecified atom stereocenters. The van der Waals surface area contributed by atoms with Crippen molar-refractivity contribution in [3.05, 3.63) is 16.3 Å². The van der Waals surface area contributed by atoms with Crippen molar-refractivity contribution in [1.82, 2.24) is 4.90 Å². The van der Waals surface area contributed by atoms with E-state index in [0.29, 0.717) is 17.2 Å². The van der Waals surface area contributed by atoms with Gasteiger partial charge in [0.05, 0.1) is 7.11 Å². The summed E-state index contributed by atoms with van der Waals surface area (Å²) in [7, 11) is 1.49. The summed E-state index contributed by atoms with van der Waals surface area (Å²) in [5.41, 5.74) is 4.40. The Morgan fingerprint density at radius 2 is 2.33 bits per heavy atom. The van der Waals surface area contributed by atoms with E-state index >= 15 is 0 Å². The van der Waals surface area contributed by atoms with Gasteiger partial charge < -0.3 is 20.5 Å². The first-order chi connectivity index (χ1) is 8.48. The predicted octanol–water partition coefficient (Wildman–Crippen LogP) is 0.385. The zero-order valence-corrected chi connectivity index (χ0v) is 10.7. The van der Waals surface area contributed by atoms with E-state index in [-0.39, 0.29) is 18.9 Å². The van der Waals surface area contributed by atoms with Crippen LogP contribution in [0.3, 0.4) is 0 Å². The van der Waals surface area contributed by atoms with Crippen LogP contribution >= 0.6 is 11.3 Å². The van der Waals surface area contributed by atoms with Gasteiger partial charge in [0, 0.05) is 13.1 Å². The molecule has 0 bridgehead atoms. The number of aliphatic carboxylic acids is 1. The van der Waals surface area contributed by atoms with E-state index in [9.17, 15) is 9.59 Å². The Labute approximate surface area is 108 Å². The third-order valence-electron chi connectivity index (χ3n) is 3.06. The van der Waals surface area contributed by atoms with E-state index < -0.39 is 11.5 Å². The molecule has 2 rings (SSSR count). The Balaban J connectivity index is 2.15. The third kappa shape index (κ3) is 2.06. The minimum Gasteiger partial charge on any atom is -0.495 e. The molecule has 2 heterocycles. The number of amides is 1. The summed E-state index contributed by atoms with van der Waals surface area (Å²) in [4.78, 5) is 25.2. The zero-order valence-electron chi connectivity index (χ0n) is 9.88. The van der Waals surface area contributed by atoms with Gasteiger partial charge >= 0.3 is 5.97 Å². The Kier molecular flexibility index (Phi) is 3.27. The molecule has 0 saturated carbocycles. The smallest absolute Gasteiger partial charge is 0.325 e. The fourth-order valence-electron chi connectivity index (χ4n) is 1.94. The third-order valence-corrected chi connectivity index (χ3v) is 3.94. The van der Waals surface area contributed by atoms with Crippen LogP contribution in [0.25, 0.3) is 0 Å². The molecular formula is C11H14N2O4S. The van der Waals surface area contributed by atoms with Crippen LogP contribution in [-0.4, -0.2) is 47.6 Å². The number of carboxylic acids is 1. The largest absolute Gasteiger partial charge is 0.495 e. The highest BCUT2D eigenvalue weighted by Gasteiger charge is 2.43. The number of hydrogen-bond acceptors (Lipinski definition) is 5. The quantitative estimate of drug-likeness (QED) is 0.828. The van der Waals surface area contributed by atoms with Gasteiger partial charge in [0.1, 0.15) is 16.2 Å². The molecule has 1 aliphatic heterocycles. The highest BCUT2D eigenvalue weighted by molar-refractivity contribution is 7.12. The lowest BCUT2D eigenvalue weighted by molar-refractivity contribution is -0.142. The van der Waals surface area contributed by atoms with Crippen molar-refractivity contribution in [1.29, 1.82) is 0 Å². The predicted molar refractivity (Wildman–Crippen MR) is 65.9 cm³/mol. The molecule has 7 heteroatoms. The van der Waals surface area contributed by atoms with Gasteiger partial charge in [0.25, 0.3) is 5.91 Å². The Morgan fingerprint density at radius 1 is 1.61 bits per heavy atom. The lowest BCUT2D eigenvalue weighted by atomic mass is 10.0. The van der Waals surface area contributed by atoms with E-state index in [4.69, 9.17) is 15.6 Å². The van der Waals surface area contributed by atoms with Crippen LogP contribution in [0.15, 0.2) is 11.4 Å². The van der Waals surface area contributed by atoms with Crippen molar-refractivity contribution in [3.8, 4) is 5.75 Å². The van der Waals surface area contributed by atoms with Crippen molar-refractivity contribution in [2.45, 2.75) is 12.0 Å². The van der Waals surface area contributed by atoms with Crippen LogP contribution in [0, 0.1) is 0 Å². The highest BCUT2D eigenvalue weighted by Crippen LogP contribution is 2.28. The fraction of sp³-hybridized carbons (Fsp3) is 0.455. The molecule has 0 aliphatic carbocycles. The van der Waals surface area contributed by atoms with Crippen molar-refractivity contribution in [2.24, 2.45) is 5.73 Å². The van der Waals surface area contributed by atoms with Crippen LogP contribution < -0.4 is 10.5 Å². The number of carbonyl (C=O) groups excluding carboxylic acids is 1. The SMILES string of the molecule is COc1ccsc1C(=O)N1CCC(N)(C(=O)O)C1. The maximum absolute atomic E-state index is 12.2. The van der Waals surface area contributed by atoms with Gasteiger partial charge in [-0.05, 0) is 17.9 Å². The molecule has 1 aliphatic rings. The number of rotatable bonds is 3. The Bertz CT molecular complexity index is 487. The summed E-state index contributed by atoms with van der Waals surface area (Å²) in [6, 6.07) is 1.71. The van der Waals surface area contributed by atoms with Gasteiger partial charge in [-0.25, -0.2) is 0 Å². The molecule has 18 heavy (non-hydrogen) atoms. The number of carbonyl (C=O) groups is 2. The number of ether oxygens (including phenoxy) is 1. The highest BCUT2D eigenvalue weighted by atomic mass is 32.1. The minimum absolute atomic E-state index is 0.0300. The molecule has 0 aromatic carbocycles. The van der Waals surface area contributed by atoms with Gasteiger partial charge in [-0.2, -0.15) is 0 Å². The molecular weight excluding hydrogens is 256 g/mol. The zero-order chi connectivity index (χ0) is 13.3. The number of methoxy groups -OCH3 is 1. The lowest BCUT2D eigenvalue weighted by Crippen LogP contribution is -2.50. The second kappa shape index (κ2) is 4.58. The van der Waals surface area contributed by atoms with Crippen LogP contribution in [0.2, 0.25) is 0 Å². The topological polar surface area (TPSA) is 92.9 Å². The second-order valence-corrected chi connectivity index (χ2v) is 5.17. The Hall–Kier alpha value is -1.60. The number of carboxylic acid groups (broad SMARTS) is 1. The van der Waals surface area contributed by atoms with E-state index in [1.54, 1.807) is 11.4 Å². The van der Waals surface area contributed by atoms with E-state index in [1.165, 1.54) is 23.3 Å². The Morgan fingerprint density at radius 3 is 2.89 bits per heavy atom. The summed E-state index contributed by atoms with van der Waals surface area (Å²) >= 11 is 1.27. The van der Waals surface area contributed by atoms with E-state index in [2.05, 4.69) is 0 Å². The number of thiophene rings is 1. The maximum Gasteiger partial charge on any atom is 0.325 e. The number of nitrogens with two attached hydrogens (primary N) is 1. The van der Waals surface area contributed by atoms with E-state index in [1.807, 2.05) is 0 Å². The van der Waals surface area contributed by atoms with E-state index in [0.717, 1.165) is 0 Å². The van der Waals surface area contributed by atoms with Crippen LogP contribution in [0.4, 0.5) is 0 Å². The van der Waals surface area contributed by atoms with Gasteiger partial charge in [0.2, 0.25) is 0 Å². The van der Waals surface area contributed by atoms with Crippen LogP contribution in [0.5, 0.6) is 5.75 Å². The number of nitrogens with zero attached hydrogens (tertiary/aromatic N) is 1. The molecule has 0 spiro atoms. The van der Waals surface area contributed by atoms with Gasteiger partial charge in [-0.3, -0.25) is 9.59 Å². The minimum atomic E-state index is -1.33. The molecule has 3 N–H and O–H groups in total. The monoisotopic (exact) mass is 270 g/mol. The first-order valence-electron chi connectivity index (χ1n) is 5.41. The molecule has 1 aromatic heterocycles. The van der Waals surface area contributed by atoms with Crippen LogP contribution in [0.1, 0.15) is 16.1 Å². The van der Waals surface area contributed by atoms with Crippen molar-refractivity contribution < 1.29 is 19.4 Å². The number of likely N-dealkylation sites (tertiary alicyclic amines) is 1. The van der Waals surface area contributed by atoms with Crippen LogP contribution in [-0.2, 0) is 4.79 Å². The molecule has 6 nitrogen and oxygen atoms in total. The van der Waals surface area contributed by atoms with Crippen molar-refractivity contribution in [2.75, 3.05) is 20.2 Å². The summed E-state index contributed by atoms with van der Waals surface area (Å²) in [6.45, 7) is 0.380. The first kappa shape index (κ1) is 12.8. The van der Waals surface area contributed by atoms with Crippen molar-refractivity contribution >= 4 is 23.2 Å². The van der Waals surface area contributed by atoms with Crippen molar-refractivity contribution in [3.63, 3.8) is 0 Å². The summed E-state index contributed by atoms with van der Waals surface area (Å²) in [5.74, 6) is -0.791. The molecule has 1 fully saturated rings. The second-order valence-electron chi connectivity index (χ2n) is 4.26. The maximum atomic E-state index is 12.2. The van der Waals surface area contributed by atoms with Gasteiger partial charge in [-0.1, -0.05) is 0 Å².